The highest BCUT2D eigenvalue weighted by Crippen LogP contribution is 2.22. The summed E-state index contributed by atoms with van der Waals surface area (Å²) >= 11 is 3.19. The van der Waals surface area contributed by atoms with Crippen LogP contribution in [0.25, 0.3) is 0 Å². The Bertz CT molecular complexity index is 459. The quantitative estimate of drug-likeness (QED) is 0.844. The molecule has 84 valence electrons. The molecule has 0 radical (unpaired) electrons. The van der Waals surface area contributed by atoms with Crippen LogP contribution in [0.4, 0.5) is 0 Å². The fourth-order valence-corrected chi connectivity index (χ4v) is 1.62. The van der Waals surface area contributed by atoms with E-state index in [9.17, 15) is 8.42 Å². The van der Waals surface area contributed by atoms with Gasteiger partial charge in [-0.3, -0.25) is 4.98 Å². The van der Waals surface area contributed by atoms with Gasteiger partial charge < -0.3 is 4.18 Å². The Kier molecular flexibility index (Phi) is 3.69. The average Bonchev–Trinajstić information content (AvgIpc) is 2.10. The highest BCUT2D eigenvalue weighted by molar-refractivity contribution is 9.10. The minimum atomic E-state index is -3.72. The first-order valence-corrected chi connectivity index (χ1v) is 6.23. The lowest BCUT2D eigenvalue weighted by molar-refractivity contribution is 0.419. The third-order valence-corrected chi connectivity index (χ3v) is 3.37. The summed E-state index contributed by atoms with van der Waals surface area (Å²) in [7, 11) is -0.920. The Morgan fingerprint density at radius 2 is 2.07 bits per heavy atom. The number of rotatable bonds is 3. The van der Waals surface area contributed by atoms with Crippen molar-refractivity contribution >= 4 is 26.2 Å². The lowest BCUT2D eigenvalue weighted by Crippen LogP contribution is -2.27. The molecule has 0 aromatic carbocycles. The lowest BCUT2D eigenvalue weighted by Gasteiger charge is -2.13. The Labute approximate surface area is 97.5 Å². The van der Waals surface area contributed by atoms with Crippen LogP contribution in [0.5, 0.6) is 5.75 Å². The van der Waals surface area contributed by atoms with E-state index in [1.165, 1.54) is 14.1 Å². The second-order valence-corrected chi connectivity index (χ2v) is 5.73. The molecule has 0 fully saturated rings. The van der Waals surface area contributed by atoms with Gasteiger partial charge in [-0.05, 0) is 28.9 Å². The zero-order chi connectivity index (χ0) is 11.6. The molecule has 0 bridgehead atoms. The van der Waals surface area contributed by atoms with E-state index in [-0.39, 0.29) is 5.75 Å². The van der Waals surface area contributed by atoms with Gasteiger partial charge in [0.1, 0.15) is 0 Å². The van der Waals surface area contributed by atoms with E-state index in [2.05, 4.69) is 20.9 Å². The van der Waals surface area contributed by atoms with E-state index in [0.29, 0.717) is 10.2 Å². The summed E-state index contributed by atoms with van der Waals surface area (Å²) < 4.78 is 29.4. The minimum Gasteiger partial charge on any atom is -0.369 e. The van der Waals surface area contributed by atoms with Gasteiger partial charge in [0, 0.05) is 24.8 Å². The lowest BCUT2D eigenvalue weighted by atomic mass is 10.3. The number of hydrogen-bond donors (Lipinski definition) is 0. The van der Waals surface area contributed by atoms with E-state index in [1.807, 2.05) is 0 Å². The van der Waals surface area contributed by atoms with E-state index >= 15 is 0 Å². The van der Waals surface area contributed by atoms with Gasteiger partial charge in [-0.1, -0.05) is 0 Å². The summed E-state index contributed by atoms with van der Waals surface area (Å²) in [5, 5.41) is 0. The number of hydrogen-bond acceptors (Lipinski definition) is 4. The van der Waals surface area contributed by atoms with Gasteiger partial charge >= 0.3 is 10.3 Å². The molecule has 0 spiro atoms. The summed E-state index contributed by atoms with van der Waals surface area (Å²) in [4.78, 5) is 3.97. The van der Waals surface area contributed by atoms with Crippen LogP contribution in [0.3, 0.4) is 0 Å². The van der Waals surface area contributed by atoms with Crippen molar-refractivity contribution in [3.63, 3.8) is 0 Å². The SMILES string of the molecule is Cc1ncc(Br)cc1OS(=O)(=O)N(C)C. The monoisotopic (exact) mass is 294 g/mol. The standard InChI is InChI=1S/C8H11BrN2O3S/c1-6-8(4-7(9)5-10-6)14-15(12,13)11(2)3/h4-5H,1-3H3. The number of aryl methyl sites for hydroxylation is 1. The highest BCUT2D eigenvalue weighted by Gasteiger charge is 2.17. The maximum atomic E-state index is 11.4. The van der Waals surface area contributed by atoms with Crippen molar-refractivity contribution in [3.8, 4) is 5.75 Å². The van der Waals surface area contributed by atoms with Crippen molar-refractivity contribution in [2.45, 2.75) is 6.92 Å². The molecule has 1 aromatic rings. The van der Waals surface area contributed by atoms with Crippen molar-refractivity contribution in [2.75, 3.05) is 14.1 Å². The van der Waals surface area contributed by atoms with Crippen LogP contribution in [0.15, 0.2) is 16.7 Å². The summed E-state index contributed by atoms with van der Waals surface area (Å²) in [6.07, 6.45) is 1.57. The molecule has 0 aliphatic heterocycles. The fraction of sp³-hybridized carbons (Fsp3) is 0.375. The molecule has 0 unspecified atom stereocenters. The van der Waals surface area contributed by atoms with Crippen LogP contribution in [0.2, 0.25) is 0 Å². The van der Waals surface area contributed by atoms with Gasteiger partial charge in [0.2, 0.25) is 0 Å². The van der Waals surface area contributed by atoms with E-state index in [4.69, 9.17) is 4.18 Å². The molecule has 0 aliphatic rings. The highest BCUT2D eigenvalue weighted by atomic mass is 79.9. The van der Waals surface area contributed by atoms with Crippen LogP contribution in [-0.2, 0) is 10.3 Å². The molecule has 1 heterocycles. The van der Waals surface area contributed by atoms with E-state index in [0.717, 1.165) is 4.31 Å². The third-order valence-electron chi connectivity index (χ3n) is 1.65. The van der Waals surface area contributed by atoms with Crippen molar-refractivity contribution < 1.29 is 12.6 Å². The number of aromatic nitrogens is 1. The topological polar surface area (TPSA) is 59.5 Å². The van der Waals surface area contributed by atoms with E-state index in [1.54, 1.807) is 19.2 Å². The van der Waals surface area contributed by atoms with Gasteiger partial charge in [-0.25, -0.2) is 0 Å². The van der Waals surface area contributed by atoms with Crippen LogP contribution in [0, 0.1) is 6.92 Å². The average molecular weight is 295 g/mol. The molecular weight excluding hydrogens is 284 g/mol. The molecule has 1 aromatic heterocycles. The molecule has 0 atom stereocenters. The first-order chi connectivity index (χ1) is 6.83. The van der Waals surface area contributed by atoms with Gasteiger partial charge in [0.25, 0.3) is 0 Å². The molecule has 15 heavy (non-hydrogen) atoms. The van der Waals surface area contributed by atoms with Gasteiger partial charge in [-0.2, -0.15) is 12.7 Å². The van der Waals surface area contributed by atoms with Crippen LogP contribution >= 0.6 is 15.9 Å². The molecule has 0 aliphatic carbocycles. The van der Waals surface area contributed by atoms with Crippen LogP contribution < -0.4 is 4.18 Å². The number of halogens is 1. The molecule has 1 rings (SSSR count). The van der Waals surface area contributed by atoms with Crippen LogP contribution in [-0.4, -0.2) is 31.8 Å². The molecule has 5 nitrogen and oxygen atoms in total. The molecule has 0 saturated heterocycles. The molecular formula is C8H11BrN2O3S. The number of pyridine rings is 1. The Morgan fingerprint density at radius 1 is 1.47 bits per heavy atom. The second kappa shape index (κ2) is 4.46. The Morgan fingerprint density at radius 3 is 2.60 bits per heavy atom. The smallest absolute Gasteiger partial charge is 0.369 e. The second-order valence-electron chi connectivity index (χ2n) is 3.06. The van der Waals surface area contributed by atoms with Gasteiger partial charge in [0.15, 0.2) is 5.75 Å². The largest absolute Gasteiger partial charge is 0.384 e. The molecule has 0 saturated carbocycles. The summed E-state index contributed by atoms with van der Waals surface area (Å²) in [6.45, 7) is 1.67. The molecule has 0 amide bonds. The van der Waals surface area contributed by atoms with Crippen molar-refractivity contribution in [1.29, 1.82) is 0 Å². The fourth-order valence-electron chi connectivity index (χ4n) is 0.761. The van der Waals surface area contributed by atoms with Gasteiger partial charge in [-0.15, -0.1) is 0 Å². The van der Waals surface area contributed by atoms with Crippen molar-refractivity contribution in [1.82, 2.24) is 9.29 Å². The van der Waals surface area contributed by atoms with Crippen molar-refractivity contribution in [2.24, 2.45) is 0 Å². The first-order valence-electron chi connectivity index (χ1n) is 4.07. The zero-order valence-electron chi connectivity index (χ0n) is 8.56. The zero-order valence-corrected chi connectivity index (χ0v) is 11.0. The first kappa shape index (κ1) is 12.4. The Hall–Kier alpha value is -0.660. The maximum Gasteiger partial charge on any atom is 0.384 e. The predicted molar refractivity (Wildman–Crippen MR) is 59.9 cm³/mol. The molecule has 7 heteroatoms. The maximum absolute atomic E-state index is 11.4. The summed E-state index contributed by atoms with van der Waals surface area (Å²) in [5.74, 6) is 0.220. The normalized spacial score (nSPS) is 11.8. The van der Waals surface area contributed by atoms with Gasteiger partial charge in [0.05, 0.1) is 5.69 Å². The minimum absolute atomic E-state index is 0.220. The van der Waals surface area contributed by atoms with Crippen LogP contribution in [0.1, 0.15) is 5.69 Å². The molecule has 0 N–H and O–H groups in total. The predicted octanol–water partition coefficient (Wildman–Crippen LogP) is 1.34. The van der Waals surface area contributed by atoms with E-state index < -0.39 is 10.3 Å². The van der Waals surface area contributed by atoms with Crippen molar-refractivity contribution in [3.05, 3.63) is 22.4 Å². The summed E-state index contributed by atoms with van der Waals surface area (Å²) in [5.41, 5.74) is 0.517. The third kappa shape index (κ3) is 3.15. The summed E-state index contributed by atoms with van der Waals surface area (Å²) in [6, 6.07) is 1.56. The number of nitrogens with zero attached hydrogens (tertiary/aromatic N) is 2. The Balaban J connectivity index is 3.05.